The molecule has 1 saturated heterocycles. The SMILES string of the molecule is Cc1ccc(NC2CNC2)cc1C(=O)NC(C)c1cccc2ccccc12. The van der Waals surface area contributed by atoms with Crippen LogP contribution in [0.3, 0.4) is 0 Å². The number of benzene rings is 3. The van der Waals surface area contributed by atoms with E-state index in [0.29, 0.717) is 6.04 Å². The van der Waals surface area contributed by atoms with Crippen LogP contribution in [0.25, 0.3) is 10.8 Å². The third kappa shape index (κ3) is 3.67. The van der Waals surface area contributed by atoms with Gasteiger partial charge in [-0.15, -0.1) is 0 Å². The van der Waals surface area contributed by atoms with Gasteiger partial charge in [0.15, 0.2) is 0 Å². The summed E-state index contributed by atoms with van der Waals surface area (Å²) in [6.45, 7) is 5.95. The largest absolute Gasteiger partial charge is 0.380 e. The van der Waals surface area contributed by atoms with E-state index in [4.69, 9.17) is 0 Å². The van der Waals surface area contributed by atoms with E-state index in [2.05, 4.69) is 40.2 Å². The van der Waals surface area contributed by atoms with E-state index in [0.717, 1.165) is 35.5 Å². The van der Waals surface area contributed by atoms with Gasteiger partial charge in [0.25, 0.3) is 5.91 Å². The lowest BCUT2D eigenvalue weighted by atomic mass is 9.99. The number of nitrogens with one attached hydrogen (secondary N) is 3. The molecule has 0 radical (unpaired) electrons. The first kappa shape index (κ1) is 17.6. The van der Waals surface area contributed by atoms with Crippen molar-refractivity contribution < 1.29 is 4.79 Å². The van der Waals surface area contributed by atoms with Gasteiger partial charge in [-0.1, -0.05) is 48.5 Å². The van der Waals surface area contributed by atoms with Gasteiger partial charge in [0.1, 0.15) is 0 Å². The summed E-state index contributed by atoms with van der Waals surface area (Å²) in [4.78, 5) is 13.0. The normalized spacial score (nSPS) is 15.2. The Kier molecular flexibility index (Phi) is 4.82. The molecule has 0 aromatic heterocycles. The highest BCUT2D eigenvalue weighted by Crippen LogP contribution is 2.25. The van der Waals surface area contributed by atoms with E-state index in [1.807, 2.05) is 50.2 Å². The van der Waals surface area contributed by atoms with Crippen molar-refractivity contribution in [1.29, 1.82) is 0 Å². The molecule has 3 aromatic rings. The Morgan fingerprint density at radius 1 is 1.07 bits per heavy atom. The second-order valence-corrected chi connectivity index (χ2v) is 7.29. The standard InChI is InChI=1S/C23H25N3O/c1-15-10-11-18(26-19-13-24-14-19)12-22(15)23(27)25-16(2)20-9-5-7-17-6-3-4-8-21(17)20/h3-12,16,19,24,26H,13-14H2,1-2H3,(H,25,27). The molecule has 4 nitrogen and oxygen atoms in total. The van der Waals surface area contributed by atoms with Gasteiger partial charge in [0.05, 0.1) is 12.1 Å². The Labute approximate surface area is 160 Å². The Hall–Kier alpha value is -2.85. The number of hydrogen-bond donors (Lipinski definition) is 3. The van der Waals surface area contributed by atoms with E-state index in [1.54, 1.807) is 0 Å². The van der Waals surface area contributed by atoms with Gasteiger partial charge >= 0.3 is 0 Å². The molecule has 0 saturated carbocycles. The Balaban J connectivity index is 1.55. The van der Waals surface area contributed by atoms with E-state index in [-0.39, 0.29) is 11.9 Å². The first-order valence-electron chi connectivity index (χ1n) is 9.48. The molecular formula is C23H25N3O. The second-order valence-electron chi connectivity index (χ2n) is 7.29. The Morgan fingerprint density at radius 2 is 1.85 bits per heavy atom. The highest BCUT2D eigenvalue weighted by molar-refractivity contribution is 5.97. The maximum atomic E-state index is 13.0. The molecule has 138 valence electrons. The average Bonchev–Trinajstić information content (AvgIpc) is 2.65. The molecule has 4 heteroatoms. The summed E-state index contributed by atoms with van der Waals surface area (Å²) in [6, 6.07) is 20.9. The minimum absolute atomic E-state index is 0.0386. The van der Waals surface area contributed by atoms with Gasteiger partial charge in [-0.25, -0.2) is 0 Å². The predicted octanol–water partition coefficient (Wildman–Crippen LogP) is 4.02. The first-order valence-corrected chi connectivity index (χ1v) is 9.48. The minimum atomic E-state index is -0.0737. The van der Waals surface area contributed by atoms with E-state index >= 15 is 0 Å². The van der Waals surface area contributed by atoms with Crippen molar-refractivity contribution in [2.45, 2.75) is 25.9 Å². The molecule has 0 bridgehead atoms. The number of fused-ring (bicyclic) bond motifs is 1. The lowest BCUT2D eigenvalue weighted by Gasteiger charge is -2.29. The van der Waals surface area contributed by atoms with Crippen molar-refractivity contribution in [1.82, 2.24) is 10.6 Å². The smallest absolute Gasteiger partial charge is 0.252 e. The number of hydrogen-bond acceptors (Lipinski definition) is 3. The zero-order chi connectivity index (χ0) is 18.8. The highest BCUT2D eigenvalue weighted by atomic mass is 16.1. The number of aryl methyl sites for hydroxylation is 1. The first-order chi connectivity index (χ1) is 13.1. The highest BCUT2D eigenvalue weighted by Gasteiger charge is 2.18. The molecule has 1 fully saturated rings. The van der Waals surface area contributed by atoms with Crippen LogP contribution in [0, 0.1) is 6.92 Å². The third-order valence-corrected chi connectivity index (χ3v) is 5.27. The van der Waals surface area contributed by atoms with Crippen molar-refractivity contribution in [3.8, 4) is 0 Å². The second kappa shape index (κ2) is 7.41. The van der Waals surface area contributed by atoms with Gasteiger partial charge in [-0.2, -0.15) is 0 Å². The van der Waals surface area contributed by atoms with E-state index < -0.39 is 0 Å². The van der Waals surface area contributed by atoms with Crippen LogP contribution >= 0.6 is 0 Å². The summed E-state index contributed by atoms with van der Waals surface area (Å²) in [5.41, 5.74) is 3.83. The summed E-state index contributed by atoms with van der Waals surface area (Å²) in [5, 5.41) is 12.3. The molecule has 1 aliphatic rings. The number of amides is 1. The molecule has 0 spiro atoms. The van der Waals surface area contributed by atoms with Crippen molar-refractivity contribution >= 4 is 22.4 Å². The van der Waals surface area contributed by atoms with Gasteiger partial charge in [-0.3, -0.25) is 4.79 Å². The summed E-state index contributed by atoms with van der Waals surface area (Å²) < 4.78 is 0. The van der Waals surface area contributed by atoms with Crippen LogP contribution in [0.15, 0.2) is 60.7 Å². The van der Waals surface area contributed by atoms with Gasteiger partial charge in [0, 0.05) is 24.3 Å². The van der Waals surface area contributed by atoms with Crippen LogP contribution in [0.1, 0.15) is 34.5 Å². The van der Waals surface area contributed by atoms with Crippen LogP contribution < -0.4 is 16.0 Å². The van der Waals surface area contributed by atoms with Crippen molar-refractivity contribution in [3.05, 3.63) is 77.4 Å². The minimum Gasteiger partial charge on any atom is -0.380 e. The predicted molar refractivity (Wildman–Crippen MR) is 111 cm³/mol. The van der Waals surface area contributed by atoms with Crippen LogP contribution in [0.4, 0.5) is 5.69 Å². The van der Waals surface area contributed by atoms with Gasteiger partial charge < -0.3 is 16.0 Å². The zero-order valence-electron chi connectivity index (χ0n) is 15.8. The molecule has 27 heavy (non-hydrogen) atoms. The molecule has 3 aromatic carbocycles. The zero-order valence-corrected chi connectivity index (χ0v) is 15.8. The maximum Gasteiger partial charge on any atom is 0.252 e. The molecule has 0 aliphatic carbocycles. The van der Waals surface area contributed by atoms with Crippen LogP contribution in [-0.4, -0.2) is 25.0 Å². The van der Waals surface area contributed by atoms with Crippen LogP contribution in [-0.2, 0) is 0 Å². The number of carbonyl (C=O) groups is 1. The van der Waals surface area contributed by atoms with Gasteiger partial charge in [0.2, 0.25) is 0 Å². The number of rotatable bonds is 5. The number of anilines is 1. The average molecular weight is 359 g/mol. The Bertz CT molecular complexity index is 973. The fourth-order valence-corrected chi connectivity index (χ4v) is 3.56. The quantitative estimate of drug-likeness (QED) is 0.645. The molecule has 1 unspecified atom stereocenters. The summed E-state index contributed by atoms with van der Waals surface area (Å²) >= 11 is 0. The lowest BCUT2D eigenvalue weighted by molar-refractivity contribution is 0.0939. The summed E-state index contributed by atoms with van der Waals surface area (Å²) in [6.07, 6.45) is 0. The molecule has 4 rings (SSSR count). The van der Waals surface area contributed by atoms with Gasteiger partial charge in [-0.05, 0) is 47.9 Å². The monoisotopic (exact) mass is 359 g/mol. The molecule has 1 heterocycles. The maximum absolute atomic E-state index is 13.0. The molecule has 1 amide bonds. The summed E-state index contributed by atoms with van der Waals surface area (Å²) in [7, 11) is 0. The Morgan fingerprint density at radius 3 is 2.63 bits per heavy atom. The molecule has 3 N–H and O–H groups in total. The molecular weight excluding hydrogens is 334 g/mol. The third-order valence-electron chi connectivity index (χ3n) is 5.27. The van der Waals surface area contributed by atoms with Crippen molar-refractivity contribution in [2.24, 2.45) is 0 Å². The molecule has 1 aliphatic heterocycles. The van der Waals surface area contributed by atoms with E-state index in [9.17, 15) is 4.79 Å². The van der Waals surface area contributed by atoms with Crippen molar-refractivity contribution in [3.63, 3.8) is 0 Å². The van der Waals surface area contributed by atoms with Crippen molar-refractivity contribution in [2.75, 3.05) is 18.4 Å². The topological polar surface area (TPSA) is 53.2 Å². The fourth-order valence-electron chi connectivity index (χ4n) is 3.56. The van der Waals surface area contributed by atoms with Crippen LogP contribution in [0.2, 0.25) is 0 Å². The van der Waals surface area contributed by atoms with Crippen LogP contribution in [0.5, 0.6) is 0 Å². The number of carbonyl (C=O) groups excluding carboxylic acids is 1. The fraction of sp³-hybridized carbons (Fsp3) is 0.261. The van der Waals surface area contributed by atoms with E-state index in [1.165, 1.54) is 10.8 Å². The lowest BCUT2D eigenvalue weighted by Crippen LogP contribution is -2.51. The molecule has 1 atom stereocenters. The summed E-state index contributed by atoms with van der Waals surface area (Å²) in [5.74, 6) is -0.0386.